The van der Waals surface area contributed by atoms with Crippen LogP contribution in [0.25, 0.3) is 0 Å². The summed E-state index contributed by atoms with van der Waals surface area (Å²) in [5.74, 6) is -1.36. The first-order chi connectivity index (χ1) is 15.2. The van der Waals surface area contributed by atoms with Gasteiger partial charge in [-0.3, -0.25) is 19.2 Å². The van der Waals surface area contributed by atoms with Gasteiger partial charge in [0.1, 0.15) is 17.2 Å². The lowest BCUT2D eigenvalue weighted by atomic mass is 9.97. The first-order valence-electron chi connectivity index (χ1n) is 9.85. The maximum Gasteiger partial charge on any atom is 0.303 e. The molecular formula is C20H25NO10S. The lowest BCUT2D eigenvalue weighted by molar-refractivity contribution is -0.299. The molecule has 176 valence electrons. The molecule has 0 aromatic carbocycles. The number of hydrogen-bond donors (Lipinski definition) is 0. The van der Waals surface area contributed by atoms with Crippen molar-refractivity contribution in [1.29, 1.82) is 0 Å². The molecule has 1 aromatic rings. The fourth-order valence-electron chi connectivity index (χ4n) is 3.70. The highest BCUT2D eigenvalue weighted by Crippen LogP contribution is 2.40. The summed E-state index contributed by atoms with van der Waals surface area (Å²) >= 11 is 1.38. The molecule has 32 heavy (non-hydrogen) atoms. The Morgan fingerprint density at radius 2 is 1.69 bits per heavy atom. The Morgan fingerprint density at radius 3 is 2.25 bits per heavy atom. The summed E-state index contributed by atoms with van der Waals surface area (Å²) in [6.07, 6.45) is -4.13. The summed E-state index contributed by atoms with van der Waals surface area (Å²) in [5, 5.41) is -0.404. The SMILES string of the molecule is CO[C@H]1O[C@H](CN2C(=O)CS[C@@H]2c2ccco2)[C@@H](OC(C)=O)[C@H](OC(C)=O)[C@H]1OC(C)=O. The Balaban J connectivity index is 1.93. The number of ether oxygens (including phenoxy) is 5. The highest BCUT2D eigenvalue weighted by Gasteiger charge is 2.53. The van der Waals surface area contributed by atoms with Crippen LogP contribution in [0.2, 0.25) is 0 Å². The van der Waals surface area contributed by atoms with Crippen LogP contribution >= 0.6 is 11.8 Å². The normalized spacial score (nSPS) is 30.1. The van der Waals surface area contributed by atoms with Gasteiger partial charge in [-0.1, -0.05) is 0 Å². The van der Waals surface area contributed by atoms with Gasteiger partial charge < -0.3 is 33.0 Å². The molecule has 11 nitrogen and oxygen atoms in total. The number of nitrogens with zero attached hydrogens (tertiary/aromatic N) is 1. The van der Waals surface area contributed by atoms with Crippen LogP contribution in [0.5, 0.6) is 0 Å². The Bertz CT molecular complexity index is 843. The second-order valence-corrected chi connectivity index (χ2v) is 8.29. The van der Waals surface area contributed by atoms with Crippen molar-refractivity contribution in [2.24, 2.45) is 0 Å². The molecule has 2 aliphatic heterocycles. The van der Waals surface area contributed by atoms with E-state index >= 15 is 0 Å². The zero-order valence-corrected chi connectivity index (χ0v) is 18.9. The molecule has 0 aliphatic carbocycles. The van der Waals surface area contributed by atoms with Crippen LogP contribution in [0.3, 0.4) is 0 Å². The van der Waals surface area contributed by atoms with Gasteiger partial charge in [-0.2, -0.15) is 0 Å². The summed E-state index contributed by atoms with van der Waals surface area (Å²) in [4.78, 5) is 49.5. The van der Waals surface area contributed by atoms with E-state index in [1.807, 2.05) is 0 Å². The standard InChI is InChI=1S/C20H25NO10S/c1-10(22)28-16-14(8-21-15(25)9-32-19(21)13-6-5-7-27-13)31-20(26-4)18(30-12(3)24)17(16)29-11(2)23/h5-7,14,16-20H,8-9H2,1-4H3/t14-,16-,17+,18-,19-,20+/m1/s1. The van der Waals surface area contributed by atoms with Gasteiger partial charge in [0.2, 0.25) is 5.91 Å². The van der Waals surface area contributed by atoms with Crippen molar-refractivity contribution < 1.29 is 47.3 Å². The van der Waals surface area contributed by atoms with Crippen LogP contribution in [0.1, 0.15) is 31.9 Å². The molecule has 3 rings (SSSR count). The Labute approximate surface area is 188 Å². The van der Waals surface area contributed by atoms with Gasteiger partial charge in [-0.05, 0) is 12.1 Å². The third kappa shape index (κ3) is 5.43. The number of furan rings is 1. The van der Waals surface area contributed by atoms with E-state index in [2.05, 4.69) is 0 Å². The average molecular weight is 471 g/mol. The van der Waals surface area contributed by atoms with E-state index in [4.69, 9.17) is 28.1 Å². The maximum atomic E-state index is 12.6. The fourth-order valence-corrected chi connectivity index (χ4v) is 4.85. The van der Waals surface area contributed by atoms with Crippen LogP contribution < -0.4 is 0 Å². The first kappa shape index (κ1) is 24.1. The van der Waals surface area contributed by atoms with E-state index in [9.17, 15) is 19.2 Å². The topological polar surface area (TPSA) is 131 Å². The van der Waals surface area contributed by atoms with Crippen molar-refractivity contribution in [3.05, 3.63) is 24.2 Å². The van der Waals surface area contributed by atoms with Gasteiger partial charge in [0, 0.05) is 27.9 Å². The van der Waals surface area contributed by atoms with Gasteiger partial charge in [-0.25, -0.2) is 0 Å². The Kier molecular flexibility index (Phi) is 7.80. The number of thioether (sulfide) groups is 1. The van der Waals surface area contributed by atoms with E-state index in [0.29, 0.717) is 5.76 Å². The summed E-state index contributed by atoms with van der Waals surface area (Å²) in [5.41, 5.74) is 0. The molecule has 6 atom stereocenters. The second-order valence-electron chi connectivity index (χ2n) is 7.23. The third-order valence-electron chi connectivity index (χ3n) is 4.86. The smallest absolute Gasteiger partial charge is 0.303 e. The Hall–Kier alpha value is -2.57. The van der Waals surface area contributed by atoms with Crippen molar-refractivity contribution in [2.45, 2.75) is 56.9 Å². The number of methoxy groups -OCH3 is 1. The highest BCUT2D eigenvalue weighted by molar-refractivity contribution is 8.00. The lowest BCUT2D eigenvalue weighted by Crippen LogP contribution is -2.63. The van der Waals surface area contributed by atoms with Crippen LogP contribution in [-0.2, 0) is 42.9 Å². The Morgan fingerprint density at radius 1 is 1.06 bits per heavy atom. The zero-order valence-electron chi connectivity index (χ0n) is 18.0. The molecule has 2 fully saturated rings. The minimum absolute atomic E-state index is 0.0143. The molecule has 0 radical (unpaired) electrons. The van der Waals surface area contributed by atoms with E-state index in [-0.39, 0.29) is 18.2 Å². The minimum atomic E-state index is -1.21. The van der Waals surface area contributed by atoms with Crippen molar-refractivity contribution in [1.82, 2.24) is 4.90 Å². The number of esters is 3. The molecule has 2 saturated heterocycles. The van der Waals surface area contributed by atoms with Gasteiger partial charge >= 0.3 is 17.9 Å². The van der Waals surface area contributed by atoms with E-state index in [1.165, 1.54) is 50.8 Å². The number of carbonyl (C=O) groups is 4. The molecule has 0 N–H and O–H groups in total. The average Bonchev–Trinajstić information content (AvgIpc) is 3.35. The summed E-state index contributed by atoms with van der Waals surface area (Å²) in [6, 6.07) is 3.47. The first-order valence-corrected chi connectivity index (χ1v) is 10.9. The van der Waals surface area contributed by atoms with E-state index in [0.717, 1.165) is 0 Å². The molecule has 1 amide bonds. The molecule has 3 heterocycles. The second kappa shape index (κ2) is 10.4. The summed E-state index contributed by atoms with van der Waals surface area (Å²) in [7, 11) is 1.33. The minimum Gasteiger partial charge on any atom is -0.466 e. The van der Waals surface area contributed by atoms with Crippen LogP contribution in [-0.4, -0.2) is 78.8 Å². The fraction of sp³-hybridized carbons (Fsp3) is 0.600. The van der Waals surface area contributed by atoms with Crippen molar-refractivity contribution >= 4 is 35.6 Å². The largest absolute Gasteiger partial charge is 0.466 e. The quantitative estimate of drug-likeness (QED) is 0.417. The zero-order chi connectivity index (χ0) is 23.4. The number of carbonyl (C=O) groups excluding carboxylic acids is 4. The summed E-state index contributed by atoms with van der Waals surface area (Å²) < 4.78 is 32.9. The molecule has 2 aliphatic rings. The molecule has 0 bridgehead atoms. The number of hydrogen-bond acceptors (Lipinski definition) is 11. The molecule has 0 unspecified atom stereocenters. The van der Waals surface area contributed by atoms with Gasteiger partial charge in [-0.15, -0.1) is 11.8 Å². The lowest BCUT2D eigenvalue weighted by Gasteiger charge is -2.45. The van der Waals surface area contributed by atoms with Crippen molar-refractivity contribution in [3.63, 3.8) is 0 Å². The van der Waals surface area contributed by atoms with Gasteiger partial charge in [0.15, 0.2) is 24.6 Å². The predicted molar refractivity (Wildman–Crippen MR) is 108 cm³/mol. The number of amides is 1. The number of rotatable bonds is 7. The van der Waals surface area contributed by atoms with Crippen molar-refractivity contribution in [2.75, 3.05) is 19.4 Å². The van der Waals surface area contributed by atoms with Gasteiger partial charge in [0.25, 0.3) is 0 Å². The van der Waals surface area contributed by atoms with Crippen LogP contribution in [0, 0.1) is 0 Å². The molecule has 1 aromatic heterocycles. The van der Waals surface area contributed by atoms with E-state index < -0.39 is 54.0 Å². The monoisotopic (exact) mass is 471 g/mol. The van der Waals surface area contributed by atoms with Crippen molar-refractivity contribution in [3.8, 4) is 0 Å². The van der Waals surface area contributed by atoms with Gasteiger partial charge in [0.05, 0.1) is 18.6 Å². The molecular weight excluding hydrogens is 446 g/mol. The highest BCUT2D eigenvalue weighted by atomic mass is 32.2. The predicted octanol–water partition coefficient (Wildman–Crippen LogP) is 1.02. The van der Waals surface area contributed by atoms with E-state index in [1.54, 1.807) is 12.1 Å². The molecule has 0 saturated carbocycles. The molecule has 0 spiro atoms. The molecule has 12 heteroatoms. The third-order valence-corrected chi connectivity index (χ3v) is 6.08. The van der Waals surface area contributed by atoms with Crippen LogP contribution in [0.4, 0.5) is 0 Å². The van der Waals surface area contributed by atoms with Crippen LogP contribution in [0.15, 0.2) is 22.8 Å². The maximum absolute atomic E-state index is 12.6. The summed E-state index contributed by atoms with van der Waals surface area (Å²) in [6.45, 7) is 3.53.